The van der Waals surface area contributed by atoms with Gasteiger partial charge in [-0.3, -0.25) is 4.79 Å². The summed E-state index contributed by atoms with van der Waals surface area (Å²) >= 11 is 3.45. The number of benzene rings is 2. The van der Waals surface area contributed by atoms with Crippen molar-refractivity contribution in [3.05, 3.63) is 58.1 Å². The smallest absolute Gasteiger partial charge is 0.258 e. The maximum Gasteiger partial charge on any atom is 0.258 e. The van der Waals surface area contributed by atoms with Gasteiger partial charge in [-0.25, -0.2) is 0 Å². The average Bonchev–Trinajstić information content (AvgIpc) is 3.05. The molecule has 2 aliphatic heterocycles. The first-order valence-electron chi connectivity index (χ1n) is 8.25. The number of nitrogens with zero attached hydrogens (tertiary/aromatic N) is 2. The summed E-state index contributed by atoms with van der Waals surface area (Å²) in [7, 11) is 0. The van der Waals surface area contributed by atoms with Gasteiger partial charge >= 0.3 is 0 Å². The standard InChI is InChI=1S/C19H19BrN2O2/c20-16-3-1-2-15(12-16)19(23)22-7-6-14-4-5-17(13-18(14)22)21-8-10-24-11-9-21/h1-5,12-13H,6-11H2. The number of hydrogen-bond donors (Lipinski definition) is 0. The molecule has 5 heteroatoms. The zero-order valence-electron chi connectivity index (χ0n) is 13.4. The van der Waals surface area contributed by atoms with E-state index in [1.165, 1.54) is 11.3 Å². The lowest BCUT2D eigenvalue weighted by atomic mass is 10.1. The molecular formula is C19H19BrN2O2. The molecule has 124 valence electrons. The number of carbonyl (C=O) groups is 1. The number of anilines is 2. The molecule has 0 atom stereocenters. The molecule has 0 aromatic heterocycles. The van der Waals surface area contributed by atoms with E-state index >= 15 is 0 Å². The van der Waals surface area contributed by atoms with Crippen molar-refractivity contribution in [2.45, 2.75) is 6.42 Å². The Labute approximate surface area is 150 Å². The van der Waals surface area contributed by atoms with Gasteiger partial charge in [-0.2, -0.15) is 0 Å². The number of morpholine rings is 1. The summed E-state index contributed by atoms with van der Waals surface area (Å²) in [4.78, 5) is 17.1. The summed E-state index contributed by atoms with van der Waals surface area (Å²) in [6.45, 7) is 4.07. The normalized spacial score (nSPS) is 17.0. The molecule has 0 N–H and O–H groups in total. The van der Waals surface area contributed by atoms with Crippen molar-refractivity contribution < 1.29 is 9.53 Å². The number of amides is 1. The Morgan fingerprint density at radius 3 is 2.67 bits per heavy atom. The molecule has 2 heterocycles. The molecule has 1 fully saturated rings. The van der Waals surface area contributed by atoms with Crippen molar-refractivity contribution in [3.63, 3.8) is 0 Å². The van der Waals surface area contributed by atoms with Crippen LogP contribution in [-0.4, -0.2) is 38.8 Å². The molecule has 0 saturated carbocycles. The highest BCUT2D eigenvalue weighted by Crippen LogP contribution is 2.33. The van der Waals surface area contributed by atoms with E-state index in [4.69, 9.17) is 4.74 Å². The molecule has 0 aliphatic carbocycles. The van der Waals surface area contributed by atoms with Gasteiger partial charge in [0.1, 0.15) is 0 Å². The zero-order valence-corrected chi connectivity index (χ0v) is 15.0. The Morgan fingerprint density at radius 2 is 1.88 bits per heavy atom. The quantitative estimate of drug-likeness (QED) is 0.791. The maximum atomic E-state index is 12.9. The van der Waals surface area contributed by atoms with Gasteiger partial charge in [-0.05, 0) is 42.3 Å². The van der Waals surface area contributed by atoms with E-state index in [-0.39, 0.29) is 5.91 Å². The van der Waals surface area contributed by atoms with Gasteiger partial charge in [0.05, 0.1) is 13.2 Å². The summed E-state index contributed by atoms with van der Waals surface area (Å²) in [5, 5.41) is 0. The Balaban J connectivity index is 1.63. The second-order valence-corrected chi connectivity index (χ2v) is 7.05. The van der Waals surface area contributed by atoms with E-state index < -0.39 is 0 Å². The lowest BCUT2D eigenvalue weighted by Crippen LogP contribution is -2.36. The molecular weight excluding hydrogens is 368 g/mol. The van der Waals surface area contributed by atoms with Crippen LogP contribution in [0, 0.1) is 0 Å². The van der Waals surface area contributed by atoms with Gasteiger partial charge in [0.25, 0.3) is 5.91 Å². The van der Waals surface area contributed by atoms with Crippen LogP contribution in [0.5, 0.6) is 0 Å². The molecule has 1 amide bonds. The SMILES string of the molecule is O=C(c1cccc(Br)c1)N1CCc2ccc(N3CCOCC3)cc21. The second-order valence-electron chi connectivity index (χ2n) is 6.13. The van der Waals surface area contributed by atoms with Crippen molar-refractivity contribution in [2.24, 2.45) is 0 Å². The molecule has 1 saturated heterocycles. The number of hydrogen-bond acceptors (Lipinski definition) is 3. The fourth-order valence-corrected chi connectivity index (χ4v) is 3.77. The fraction of sp³-hybridized carbons (Fsp3) is 0.316. The first-order chi connectivity index (χ1) is 11.7. The molecule has 0 spiro atoms. The fourth-order valence-electron chi connectivity index (χ4n) is 3.37. The Hall–Kier alpha value is -1.85. The van der Waals surface area contributed by atoms with Crippen LogP contribution >= 0.6 is 15.9 Å². The summed E-state index contributed by atoms with van der Waals surface area (Å²) in [6, 6.07) is 14.1. The monoisotopic (exact) mass is 386 g/mol. The summed E-state index contributed by atoms with van der Waals surface area (Å²) in [6.07, 6.45) is 0.915. The van der Waals surface area contributed by atoms with Crippen LogP contribution in [0.1, 0.15) is 15.9 Å². The van der Waals surface area contributed by atoms with E-state index in [2.05, 4.69) is 39.0 Å². The van der Waals surface area contributed by atoms with E-state index in [0.717, 1.165) is 49.4 Å². The van der Waals surface area contributed by atoms with Crippen LogP contribution in [0.15, 0.2) is 46.9 Å². The lowest BCUT2D eigenvalue weighted by molar-refractivity contribution is 0.0989. The van der Waals surface area contributed by atoms with Crippen LogP contribution in [-0.2, 0) is 11.2 Å². The molecule has 2 aromatic rings. The molecule has 4 rings (SSSR count). The minimum Gasteiger partial charge on any atom is -0.378 e. The topological polar surface area (TPSA) is 32.8 Å². The van der Waals surface area contributed by atoms with Crippen molar-refractivity contribution in [1.82, 2.24) is 0 Å². The number of halogens is 1. The molecule has 24 heavy (non-hydrogen) atoms. The Bertz CT molecular complexity index is 772. The molecule has 0 radical (unpaired) electrons. The van der Waals surface area contributed by atoms with Gasteiger partial charge in [-0.1, -0.05) is 28.1 Å². The van der Waals surface area contributed by atoms with Crippen LogP contribution in [0.4, 0.5) is 11.4 Å². The molecule has 2 aliphatic rings. The third kappa shape index (κ3) is 2.94. The van der Waals surface area contributed by atoms with Crippen molar-refractivity contribution >= 4 is 33.2 Å². The van der Waals surface area contributed by atoms with Crippen LogP contribution in [0.25, 0.3) is 0 Å². The van der Waals surface area contributed by atoms with Gasteiger partial charge < -0.3 is 14.5 Å². The van der Waals surface area contributed by atoms with E-state index in [0.29, 0.717) is 5.56 Å². The zero-order chi connectivity index (χ0) is 16.5. The summed E-state index contributed by atoms with van der Waals surface area (Å²) < 4.78 is 6.36. The summed E-state index contributed by atoms with van der Waals surface area (Å²) in [5.41, 5.74) is 4.18. The maximum absolute atomic E-state index is 12.9. The van der Waals surface area contributed by atoms with Crippen molar-refractivity contribution in [2.75, 3.05) is 42.6 Å². The third-order valence-corrected chi connectivity index (χ3v) is 5.15. The van der Waals surface area contributed by atoms with Crippen molar-refractivity contribution in [3.8, 4) is 0 Å². The van der Waals surface area contributed by atoms with Gasteiger partial charge in [0.15, 0.2) is 0 Å². The number of carbonyl (C=O) groups excluding carboxylic acids is 1. The molecule has 4 nitrogen and oxygen atoms in total. The molecule has 2 aromatic carbocycles. The number of ether oxygens (including phenoxy) is 1. The lowest BCUT2D eigenvalue weighted by Gasteiger charge is -2.29. The van der Waals surface area contributed by atoms with Crippen LogP contribution in [0.3, 0.4) is 0 Å². The molecule has 0 unspecified atom stereocenters. The third-order valence-electron chi connectivity index (χ3n) is 4.66. The van der Waals surface area contributed by atoms with Gasteiger partial charge in [0.2, 0.25) is 0 Å². The second kappa shape index (κ2) is 6.57. The van der Waals surface area contributed by atoms with Crippen LogP contribution < -0.4 is 9.80 Å². The number of fused-ring (bicyclic) bond motifs is 1. The largest absolute Gasteiger partial charge is 0.378 e. The van der Waals surface area contributed by atoms with Gasteiger partial charge in [-0.15, -0.1) is 0 Å². The minimum absolute atomic E-state index is 0.0641. The highest BCUT2D eigenvalue weighted by molar-refractivity contribution is 9.10. The Kier molecular flexibility index (Phi) is 4.29. The van der Waals surface area contributed by atoms with E-state index in [1.807, 2.05) is 29.2 Å². The number of rotatable bonds is 2. The predicted octanol–water partition coefficient (Wildman–Crippen LogP) is 3.49. The van der Waals surface area contributed by atoms with Gasteiger partial charge in [0, 0.05) is 41.0 Å². The first-order valence-corrected chi connectivity index (χ1v) is 9.05. The predicted molar refractivity (Wildman–Crippen MR) is 99.0 cm³/mol. The first kappa shape index (κ1) is 15.7. The van der Waals surface area contributed by atoms with Crippen molar-refractivity contribution in [1.29, 1.82) is 0 Å². The average molecular weight is 387 g/mol. The highest BCUT2D eigenvalue weighted by Gasteiger charge is 2.26. The Morgan fingerprint density at radius 1 is 1.04 bits per heavy atom. The summed E-state index contributed by atoms with van der Waals surface area (Å²) in [5.74, 6) is 0.0641. The highest BCUT2D eigenvalue weighted by atomic mass is 79.9. The van der Waals surface area contributed by atoms with Crippen LogP contribution in [0.2, 0.25) is 0 Å². The minimum atomic E-state index is 0.0641. The molecule has 0 bridgehead atoms. The van der Waals surface area contributed by atoms with E-state index in [9.17, 15) is 4.79 Å². The van der Waals surface area contributed by atoms with E-state index in [1.54, 1.807) is 0 Å².